The molecule has 0 amide bonds. The van der Waals surface area contributed by atoms with E-state index in [2.05, 4.69) is 9.80 Å². The van der Waals surface area contributed by atoms with Crippen molar-refractivity contribution in [3.05, 3.63) is 0 Å². The van der Waals surface area contributed by atoms with Crippen LogP contribution in [0.1, 0.15) is 57.8 Å². The van der Waals surface area contributed by atoms with Gasteiger partial charge in [-0.25, -0.2) is 0 Å². The van der Waals surface area contributed by atoms with Gasteiger partial charge in [-0.15, -0.1) is 0 Å². The van der Waals surface area contributed by atoms with Crippen LogP contribution in [0.3, 0.4) is 0 Å². The van der Waals surface area contributed by atoms with E-state index in [1.165, 1.54) is 32.1 Å². The number of hydrogen-bond acceptors (Lipinski definition) is 4. The van der Waals surface area contributed by atoms with Crippen LogP contribution in [0.4, 0.5) is 0 Å². The van der Waals surface area contributed by atoms with E-state index in [9.17, 15) is 4.79 Å². The van der Waals surface area contributed by atoms with Crippen molar-refractivity contribution < 1.29 is 9.90 Å². The molecule has 130 valence electrons. The van der Waals surface area contributed by atoms with Crippen molar-refractivity contribution in [2.75, 3.05) is 19.1 Å². The van der Waals surface area contributed by atoms with Crippen molar-refractivity contribution in [2.45, 2.75) is 63.8 Å². The average Bonchev–Trinajstić information content (AvgIpc) is 2.58. The smallest absolute Gasteiger partial charge is 0.306 e. The SMILES string of the molecule is O=C(O)C1CCC(CN2CSC(=S)N(C3CCCCC3)C2)CC1. The van der Waals surface area contributed by atoms with Gasteiger partial charge in [0.1, 0.15) is 4.32 Å². The summed E-state index contributed by atoms with van der Waals surface area (Å²) in [5, 5.41) is 9.12. The predicted molar refractivity (Wildman–Crippen MR) is 98.4 cm³/mol. The first-order valence-electron chi connectivity index (χ1n) is 9.02. The molecular weight excluding hydrogens is 328 g/mol. The van der Waals surface area contributed by atoms with Gasteiger partial charge in [0.2, 0.25) is 0 Å². The molecule has 3 aliphatic rings. The van der Waals surface area contributed by atoms with Crippen molar-refractivity contribution in [1.82, 2.24) is 9.80 Å². The standard InChI is InChI=1S/C17H28N2O2S2/c20-16(21)14-8-6-13(7-9-14)10-18-11-19(17(22)23-12-18)15-4-2-1-3-5-15/h13-15H,1-12H2,(H,20,21). The molecule has 1 saturated heterocycles. The van der Waals surface area contributed by atoms with Crippen LogP contribution in [0.2, 0.25) is 0 Å². The van der Waals surface area contributed by atoms with Crippen LogP contribution >= 0.6 is 24.0 Å². The van der Waals surface area contributed by atoms with Crippen molar-refractivity contribution in [1.29, 1.82) is 0 Å². The number of thioether (sulfide) groups is 1. The molecule has 3 fully saturated rings. The van der Waals surface area contributed by atoms with E-state index in [1.807, 2.05) is 11.8 Å². The summed E-state index contributed by atoms with van der Waals surface area (Å²) in [6.45, 7) is 2.08. The Bertz CT molecular complexity index is 432. The molecule has 4 nitrogen and oxygen atoms in total. The maximum absolute atomic E-state index is 11.1. The zero-order chi connectivity index (χ0) is 16.2. The first kappa shape index (κ1) is 17.5. The highest BCUT2D eigenvalue weighted by molar-refractivity contribution is 8.22. The highest BCUT2D eigenvalue weighted by Crippen LogP contribution is 2.32. The molecule has 0 atom stereocenters. The van der Waals surface area contributed by atoms with Crippen LogP contribution in [-0.4, -0.2) is 50.3 Å². The lowest BCUT2D eigenvalue weighted by Crippen LogP contribution is -2.51. The van der Waals surface area contributed by atoms with Crippen molar-refractivity contribution in [3.63, 3.8) is 0 Å². The predicted octanol–water partition coefficient (Wildman–Crippen LogP) is 3.76. The van der Waals surface area contributed by atoms with Crippen LogP contribution in [-0.2, 0) is 4.79 Å². The molecule has 1 N–H and O–H groups in total. The van der Waals surface area contributed by atoms with Crippen molar-refractivity contribution in [3.8, 4) is 0 Å². The van der Waals surface area contributed by atoms with E-state index < -0.39 is 5.97 Å². The molecule has 1 aliphatic heterocycles. The number of hydrogen-bond donors (Lipinski definition) is 1. The van der Waals surface area contributed by atoms with Gasteiger partial charge in [0.15, 0.2) is 0 Å². The van der Waals surface area contributed by atoms with Gasteiger partial charge >= 0.3 is 5.97 Å². The van der Waals surface area contributed by atoms with Crippen molar-refractivity contribution in [2.24, 2.45) is 11.8 Å². The number of carboxylic acids is 1. The quantitative estimate of drug-likeness (QED) is 0.774. The number of nitrogens with zero attached hydrogens (tertiary/aromatic N) is 2. The third-order valence-corrected chi connectivity index (χ3v) is 7.25. The van der Waals surface area contributed by atoms with E-state index in [0.717, 1.165) is 49.1 Å². The molecule has 0 bridgehead atoms. The molecule has 0 aromatic rings. The molecule has 0 aromatic heterocycles. The van der Waals surface area contributed by atoms with Gasteiger partial charge in [0.25, 0.3) is 0 Å². The topological polar surface area (TPSA) is 43.8 Å². The van der Waals surface area contributed by atoms with Crippen LogP contribution in [0.15, 0.2) is 0 Å². The van der Waals surface area contributed by atoms with E-state index in [1.54, 1.807) is 0 Å². The maximum Gasteiger partial charge on any atom is 0.306 e. The minimum atomic E-state index is -0.606. The third-order valence-electron chi connectivity index (χ3n) is 5.69. The summed E-state index contributed by atoms with van der Waals surface area (Å²) >= 11 is 7.42. The van der Waals surface area contributed by atoms with Gasteiger partial charge < -0.3 is 10.0 Å². The molecule has 3 rings (SSSR count). The Hall–Kier alpha value is -0.330. The van der Waals surface area contributed by atoms with Crippen LogP contribution < -0.4 is 0 Å². The zero-order valence-corrected chi connectivity index (χ0v) is 15.4. The molecule has 0 aromatic carbocycles. The number of rotatable bonds is 4. The van der Waals surface area contributed by atoms with E-state index >= 15 is 0 Å². The highest BCUT2D eigenvalue weighted by atomic mass is 32.2. The molecule has 0 unspecified atom stereocenters. The molecule has 0 radical (unpaired) electrons. The van der Waals surface area contributed by atoms with Gasteiger partial charge in [0.05, 0.1) is 18.5 Å². The average molecular weight is 357 g/mol. The normalized spacial score (nSPS) is 31.3. The molecule has 2 aliphatic carbocycles. The first-order valence-corrected chi connectivity index (χ1v) is 10.4. The number of carboxylic acid groups (broad SMARTS) is 1. The van der Waals surface area contributed by atoms with Crippen LogP contribution in [0.25, 0.3) is 0 Å². The van der Waals surface area contributed by atoms with Crippen molar-refractivity contribution >= 4 is 34.3 Å². The lowest BCUT2D eigenvalue weighted by atomic mass is 9.82. The lowest BCUT2D eigenvalue weighted by Gasteiger charge is -2.44. The molecular formula is C17H28N2O2S2. The van der Waals surface area contributed by atoms with E-state index in [0.29, 0.717) is 12.0 Å². The Balaban J connectivity index is 1.49. The van der Waals surface area contributed by atoms with Gasteiger partial charge in [0, 0.05) is 12.6 Å². The summed E-state index contributed by atoms with van der Waals surface area (Å²) in [6, 6.07) is 0.647. The fourth-order valence-electron chi connectivity index (χ4n) is 4.27. The minimum Gasteiger partial charge on any atom is -0.481 e. The summed E-state index contributed by atoms with van der Waals surface area (Å²) in [4.78, 5) is 16.1. The summed E-state index contributed by atoms with van der Waals surface area (Å²) < 4.78 is 1.09. The fourth-order valence-corrected chi connectivity index (χ4v) is 5.49. The third kappa shape index (κ3) is 4.60. The van der Waals surface area contributed by atoms with Gasteiger partial charge in [-0.05, 0) is 44.4 Å². The molecule has 6 heteroatoms. The second-order valence-electron chi connectivity index (χ2n) is 7.35. The van der Waals surface area contributed by atoms with Gasteiger partial charge in [-0.3, -0.25) is 9.69 Å². The fraction of sp³-hybridized carbons (Fsp3) is 0.882. The monoisotopic (exact) mass is 356 g/mol. The summed E-state index contributed by atoms with van der Waals surface area (Å²) in [5.41, 5.74) is 0. The second kappa shape index (κ2) is 8.17. The minimum absolute atomic E-state index is 0.103. The first-order chi connectivity index (χ1) is 11.1. The largest absolute Gasteiger partial charge is 0.481 e. The number of thiocarbonyl (C=S) groups is 1. The maximum atomic E-state index is 11.1. The van der Waals surface area contributed by atoms with Gasteiger partial charge in [-0.1, -0.05) is 43.2 Å². The molecule has 23 heavy (non-hydrogen) atoms. The molecule has 0 spiro atoms. The summed E-state index contributed by atoms with van der Waals surface area (Å²) in [7, 11) is 0. The second-order valence-corrected chi connectivity index (χ2v) is 8.93. The zero-order valence-electron chi connectivity index (χ0n) is 13.8. The highest BCUT2D eigenvalue weighted by Gasteiger charge is 2.31. The molecule has 2 saturated carbocycles. The van der Waals surface area contributed by atoms with Crippen LogP contribution in [0, 0.1) is 11.8 Å². The Morgan fingerprint density at radius 1 is 1.13 bits per heavy atom. The summed E-state index contributed by atoms with van der Waals surface area (Å²) in [6.07, 6.45) is 10.5. The van der Waals surface area contributed by atoms with E-state index in [4.69, 9.17) is 17.3 Å². The molecule has 1 heterocycles. The number of aliphatic carboxylic acids is 1. The Kier molecular flexibility index (Phi) is 6.21. The Morgan fingerprint density at radius 2 is 1.83 bits per heavy atom. The number of carbonyl (C=O) groups is 1. The van der Waals surface area contributed by atoms with Crippen LogP contribution in [0.5, 0.6) is 0 Å². The van der Waals surface area contributed by atoms with E-state index in [-0.39, 0.29) is 5.92 Å². The Labute approximate surface area is 149 Å². The Morgan fingerprint density at radius 3 is 2.48 bits per heavy atom. The lowest BCUT2D eigenvalue weighted by molar-refractivity contribution is -0.143. The summed E-state index contributed by atoms with van der Waals surface area (Å²) in [5.74, 6) is 0.950. The van der Waals surface area contributed by atoms with Gasteiger partial charge in [-0.2, -0.15) is 0 Å².